The van der Waals surface area contributed by atoms with Gasteiger partial charge in [-0.3, -0.25) is 0 Å². The lowest BCUT2D eigenvalue weighted by molar-refractivity contribution is 0.193. The molecule has 6 nitrogen and oxygen atoms in total. The Kier molecular flexibility index (Phi) is 5.62. The monoisotopic (exact) mass is 438 g/mol. The molecule has 1 aliphatic carbocycles. The van der Waals surface area contributed by atoms with Crippen molar-refractivity contribution in [2.24, 2.45) is 17.1 Å². The summed E-state index contributed by atoms with van der Waals surface area (Å²) in [5, 5.41) is 1.26. The number of nitrogens with zero attached hydrogens (tertiary/aromatic N) is 4. The smallest absolute Gasteiger partial charge is 0.158 e. The first-order chi connectivity index (χ1) is 13.4. The molecule has 150 valence electrons. The van der Waals surface area contributed by atoms with E-state index in [1.54, 1.807) is 18.5 Å². The average Bonchev–Trinajstić information content (AvgIpc) is 2.94. The number of hydrogen-bond acceptors (Lipinski definition) is 7. The highest BCUT2D eigenvalue weighted by atomic mass is 35.5. The van der Waals surface area contributed by atoms with E-state index in [1.165, 1.54) is 18.2 Å². The van der Waals surface area contributed by atoms with Gasteiger partial charge in [0.1, 0.15) is 16.0 Å². The second-order valence-electron chi connectivity index (χ2n) is 7.94. The molecule has 0 amide bonds. The number of nitrogens with two attached hydrogens (primary N) is 2. The number of pyridine rings is 1. The van der Waals surface area contributed by atoms with Gasteiger partial charge in [0, 0.05) is 30.2 Å². The number of halogens is 2. The molecule has 1 saturated heterocycles. The van der Waals surface area contributed by atoms with Crippen LogP contribution in [0.25, 0.3) is 0 Å². The minimum Gasteiger partial charge on any atom is -0.381 e. The Labute approximate surface area is 179 Å². The van der Waals surface area contributed by atoms with Gasteiger partial charge in [0.25, 0.3) is 0 Å². The zero-order valence-corrected chi connectivity index (χ0v) is 18.1. The van der Waals surface area contributed by atoms with Crippen molar-refractivity contribution in [1.82, 2.24) is 15.0 Å². The lowest BCUT2D eigenvalue weighted by Gasteiger charge is -2.42. The Bertz CT molecular complexity index is 871. The van der Waals surface area contributed by atoms with Gasteiger partial charge in [0.05, 0.1) is 11.2 Å². The molecule has 28 heavy (non-hydrogen) atoms. The number of rotatable bonds is 3. The summed E-state index contributed by atoms with van der Waals surface area (Å²) in [4.78, 5) is 16.1. The maximum absolute atomic E-state index is 6.47. The molecule has 0 unspecified atom stereocenters. The Morgan fingerprint density at radius 1 is 1.25 bits per heavy atom. The maximum Gasteiger partial charge on any atom is 0.158 e. The Hall–Kier alpha value is -1.28. The van der Waals surface area contributed by atoms with Crippen molar-refractivity contribution in [3.05, 3.63) is 28.6 Å². The average molecular weight is 439 g/mol. The summed E-state index contributed by atoms with van der Waals surface area (Å²) >= 11 is 13.5. The first kappa shape index (κ1) is 20.0. The number of anilines is 2. The van der Waals surface area contributed by atoms with Crippen molar-refractivity contribution >= 4 is 46.6 Å². The maximum atomic E-state index is 6.47. The van der Waals surface area contributed by atoms with Crippen LogP contribution in [-0.4, -0.2) is 34.1 Å². The van der Waals surface area contributed by atoms with E-state index in [9.17, 15) is 0 Å². The van der Waals surface area contributed by atoms with E-state index in [0.29, 0.717) is 27.3 Å². The predicted molar refractivity (Wildman–Crippen MR) is 115 cm³/mol. The first-order valence-electron chi connectivity index (χ1n) is 9.49. The number of aromatic nitrogens is 3. The van der Waals surface area contributed by atoms with Crippen LogP contribution in [0.3, 0.4) is 0 Å². The van der Waals surface area contributed by atoms with Crippen LogP contribution in [-0.2, 0) is 0 Å². The van der Waals surface area contributed by atoms with Crippen LogP contribution >= 0.6 is 35.0 Å². The fraction of sp³-hybridized carbons (Fsp3) is 0.526. The van der Waals surface area contributed by atoms with E-state index in [2.05, 4.69) is 26.8 Å². The summed E-state index contributed by atoms with van der Waals surface area (Å²) in [7, 11) is 0. The third kappa shape index (κ3) is 3.77. The molecule has 3 heterocycles. The van der Waals surface area contributed by atoms with Crippen molar-refractivity contribution in [3.63, 3.8) is 0 Å². The van der Waals surface area contributed by atoms with E-state index in [1.807, 2.05) is 0 Å². The molecule has 4 rings (SSSR count). The number of nitrogen functional groups attached to an aromatic ring is 1. The molecule has 2 fully saturated rings. The van der Waals surface area contributed by atoms with Gasteiger partial charge >= 0.3 is 0 Å². The Balaban J connectivity index is 1.46. The number of piperidine rings is 1. The lowest BCUT2D eigenvalue weighted by Crippen LogP contribution is -2.47. The molecule has 1 aliphatic heterocycles. The van der Waals surface area contributed by atoms with Crippen molar-refractivity contribution in [2.75, 3.05) is 23.7 Å². The van der Waals surface area contributed by atoms with Crippen LogP contribution in [0, 0.1) is 11.3 Å². The minimum atomic E-state index is 0.261. The fourth-order valence-corrected chi connectivity index (χ4v) is 5.79. The fourth-order valence-electron chi connectivity index (χ4n) is 4.57. The van der Waals surface area contributed by atoms with Crippen LogP contribution in [0.1, 0.15) is 32.6 Å². The summed E-state index contributed by atoms with van der Waals surface area (Å²) < 4.78 is 0. The summed E-state index contributed by atoms with van der Waals surface area (Å²) in [5.74, 6) is 1.93. The quantitative estimate of drug-likeness (QED) is 0.691. The topological polar surface area (TPSA) is 94.0 Å². The standard InChI is InChI=1S/C19H24Cl2N6S/c1-11-8-13(22)19(9-11)3-6-27(7-4-19)14-10-25-18(17(23)26-14)28-12-2-5-24-16(21)15(12)20/h2,5,10-11,13H,3-4,6-9,22H2,1H3,(H2,23,26)/t11-,13-/m1/s1. The van der Waals surface area contributed by atoms with Crippen LogP contribution in [0.15, 0.2) is 28.4 Å². The number of hydrogen-bond donors (Lipinski definition) is 2. The summed E-state index contributed by atoms with van der Waals surface area (Å²) in [6.45, 7) is 4.19. The molecule has 2 atom stereocenters. The lowest BCUT2D eigenvalue weighted by atomic mass is 9.74. The van der Waals surface area contributed by atoms with Crippen molar-refractivity contribution in [2.45, 2.75) is 48.6 Å². The highest BCUT2D eigenvalue weighted by Crippen LogP contribution is 2.48. The van der Waals surface area contributed by atoms with Gasteiger partial charge in [-0.05, 0) is 43.1 Å². The van der Waals surface area contributed by atoms with Gasteiger partial charge in [0.15, 0.2) is 5.82 Å². The molecular formula is C19H24Cl2N6S. The van der Waals surface area contributed by atoms with E-state index >= 15 is 0 Å². The van der Waals surface area contributed by atoms with Crippen molar-refractivity contribution in [3.8, 4) is 0 Å². The van der Waals surface area contributed by atoms with Gasteiger partial charge in [-0.1, -0.05) is 41.9 Å². The molecule has 2 aromatic rings. The first-order valence-corrected chi connectivity index (χ1v) is 11.1. The van der Waals surface area contributed by atoms with Gasteiger partial charge in [0.2, 0.25) is 0 Å². The van der Waals surface area contributed by atoms with Gasteiger partial charge in [-0.2, -0.15) is 0 Å². The van der Waals surface area contributed by atoms with Crippen LogP contribution < -0.4 is 16.4 Å². The summed E-state index contributed by atoms with van der Waals surface area (Å²) in [5.41, 5.74) is 12.9. The van der Waals surface area contributed by atoms with Crippen LogP contribution in [0.5, 0.6) is 0 Å². The highest BCUT2D eigenvalue weighted by molar-refractivity contribution is 7.99. The molecule has 1 spiro atoms. The Morgan fingerprint density at radius 2 is 2.00 bits per heavy atom. The molecule has 1 saturated carbocycles. The zero-order chi connectivity index (χ0) is 19.9. The van der Waals surface area contributed by atoms with E-state index < -0.39 is 0 Å². The van der Waals surface area contributed by atoms with Crippen LogP contribution in [0.4, 0.5) is 11.6 Å². The largest absolute Gasteiger partial charge is 0.381 e. The van der Waals surface area contributed by atoms with Gasteiger partial charge in [-0.15, -0.1) is 0 Å². The third-order valence-corrected chi connectivity index (χ3v) is 8.00. The molecule has 0 radical (unpaired) electrons. The molecule has 9 heteroatoms. The second-order valence-corrected chi connectivity index (χ2v) is 9.70. The van der Waals surface area contributed by atoms with Gasteiger partial charge < -0.3 is 16.4 Å². The summed E-state index contributed by atoms with van der Waals surface area (Å²) in [6, 6.07) is 2.10. The SMILES string of the molecule is C[C@@H]1C[C@@H](N)C2(CCN(c3cnc(Sc4ccnc(Cl)c4Cl)c(N)n3)CC2)C1. The Morgan fingerprint density at radius 3 is 2.64 bits per heavy atom. The van der Waals surface area contributed by atoms with Crippen molar-refractivity contribution in [1.29, 1.82) is 0 Å². The molecule has 2 aliphatic rings. The zero-order valence-electron chi connectivity index (χ0n) is 15.7. The van der Waals surface area contributed by atoms with Crippen LogP contribution in [0.2, 0.25) is 10.2 Å². The normalized spacial score (nSPS) is 24.1. The molecule has 2 aromatic heterocycles. The molecular weight excluding hydrogens is 415 g/mol. The molecule has 0 aromatic carbocycles. The summed E-state index contributed by atoms with van der Waals surface area (Å²) in [6.07, 6.45) is 7.96. The highest BCUT2D eigenvalue weighted by Gasteiger charge is 2.45. The van der Waals surface area contributed by atoms with E-state index in [4.69, 9.17) is 34.7 Å². The molecule has 4 N–H and O–H groups in total. The van der Waals surface area contributed by atoms with E-state index in [-0.39, 0.29) is 5.15 Å². The minimum absolute atomic E-state index is 0.261. The van der Waals surface area contributed by atoms with E-state index in [0.717, 1.165) is 49.0 Å². The van der Waals surface area contributed by atoms with Gasteiger partial charge in [-0.25, -0.2) is 15.0 Å². The second kappa shape index (κ2) is 7.86. The third-order valence-electron chi connectivity index (χ3n) is 6.05. The molecule has 0 bridgehead atoms. The predicted octanol–water partition coefficient (Wildman–Crippen LogP) is 4.26. The van der Waals surface area contributed by atoms with Crippen molar-refractivity contribution < 1.29 is 0 Å².